The summed E-state index contributed by atoms with van der Waals surface area (Å²) in [4.78, 5) is 24.5. The second-order valence-electron chi connectivity index (χ2n) is 6.46. The van der Waals surface area contributed by atoms with E-state index in [1.165, 1.54) is 4.57 Å². The summed E-state index contributed by atoms with van der Waals surface area (Å²) in [7, 11) is 1.58. The number of pyridine rings is 1. The molecule has 0 aliphatic heterocycles. The second-order valence-corrected chi connectivity index (χ2v) is 7.27. The van der Waals surface area contributed by atoms with Crippen LogP contribution in [0.15, 0.2) is 29.1 Å². The van der Waals surface area contributed by atoms with Gasteiger partial charge in [0.2, 0.25) is 0 Å². The Labute approximate surface area is 162 Å². The summed E-state index contributed by atoms with van der Waals surface area (Å²) in [6.07, 6.45) is 1.41. The van der Waals surface area contributed by atoms with Gasteiger partial charge in [-0.2, -0.15) is 0 Å². The van der Waals surface area contributed by atoms with Crippen molar-refractivity contribution < 1.29 is 9.90 Å². The molecule has 0 unspecified atom stereocenters. The average molecular weight is 397 g/mol. The highest BCUT2D eigenvalue weighted by atomic mass is 35.5. The number of amides is 1. The molecule has 2 N–H and O–H groups in total. The Kier molecular flexibility index (Phi) is 6.73. The Balaban J connectivity index is 2.02. The van der Waals surface area contributed by atoms with Crippen LogP contribution >= 0.6 is 23.2 Å². The van der Waals surface area contributed by atoms with E-state index in [0.29, 0.717) is 28.7 Å². The third-order valence-electron chi connectivity index (χ3n) is 4.19. The molecule has 7 heteroatoms. The van der Waals surface area contributed by atoms with E-state index in [1.807, 2.05) is 19.9 Å². The van der Waals surface area contributed by atoms with Gasteiger partial charge in [-0.1, -0.05) is 43.1 Å². The van der Waals surface area contributed by atoms with Gasteiger partial charge in [0.1, 0.15) is 0 Å². The Hall–Kier alpha value is -1.98. The van der Waals surface area contributed by atoms with Gasteiger partial charge in [0.15, 0.2) is 5.75 Å². The van der Waals surface area contributed by atoms with Gasteiger partial charge in [-0.3, -0.25) is 9.59 Å². The van der Waals surface area contributed by atoms with Crippen molar-refractivity contribution in [2.45, 2.75) is 32.6 Å². The summed E-state index contributed by atoms with van der Waals surface area (Å²) in [5, 5.41) is 13.8. The van der Waals surface area contributed by atoms with Crippen molar-refractivity contribution in [1.82, 2.24) is 9.88 Å². The Bertz CT molecular complexity index is 876. The lowest BCUT2D eigenvalue weighted by molar-refractivity contribution is 0.0950. The fourth-order valence-corrected chi connectivity index (χ4v) is 3.04. The van der Waals surface area contributed by atoms with E-state index in [-0.39, 0.29) is 11.5 Å². The smallest absolute Gasteiger partial charge is 0.293 e. The maximum absolute atomic E-state index is 12.4. The zero-order chi connectivity index (χ0) is 19.4. The van der Waals surface area contributed by atoms with Crippen molar-refractivity contribution >= 4 is 29.1 Å². The molecule has 2 aromatic rings. The largest absolute Gasteiger partial charge is 0.502 e. The minimum absolute atomic E-state index is 0.00587. The Morgan fingerprint density at radius 3 is 2.54 bits per heavy atom. The summed E-state index contributed by atoms with van der Waals surface area (Å²) in [5.74, 6) is -0.940. The molecule has 0 aliphatic rings. The molecule has 26 heavy (non-hydrogen) atoms. The molecule has 1 aromatic carbocycles. The number of rotatable bonds is 6. The van der Waals surface area contributed by atoms with Gasteiger partial charge in [-0.05, 0) is 42.5 Å². The SMILES string of the molecule is CC(C)c1cc(C(=O)NCCCc2ccc(Cl)c(Cl)c2)c(O)c(=O)n1C. The van der Waals surface area contributed by atoms with Crippen LogP contribution in [0.25, 0.3) is 0 Å². The van der Waals surface area contributed by atoms with Crippen LogP contribution in [0.4, 0.5) is 0 Å². The van der Waals surface area contributed by atoms with E-state index < -0.39 is 17.2 Å². The molecule has 5 nitrogen and oxygen atoms in total. The molecular weight excluding hydrogens is 375 g/mol. The van der Waals surface area contributed by atoms with Gasteiger partial charge in [0, 0.05) is 19.3 Å². The highest BCUT2D eigenvalue weighted by Gasteiger charge is 2.18. The van der Waals surface area contributed by atoms with E-state index >= 15 is 0 Å². The molecule has 1 amide bonds. The maximum Gasteiger partial charge on any atom is 0.293 e. The standard InChI is InChI=1S/C19H22Cl2N2O3/c1-11(2)16-10-13(17(24)19(26)23(16)3)18(25)22-8-4-5-12-6-7-14(20)15(21)9-12/h6-7,9-11,24H,4-5,8H2,1-3H3,(H,22,25). The minimum Gasteiger partial charge on any atom is -0.502 e. The van der Waals surface area contributed by atoms with E-state index in [9.17, 15) is 14.7 Å². The Morgan fingerprint density at radius 2 is 1.92 bits per heavy atom. The normalized spacial score (nSPS) is 11.0. The molecule has 0 saturated carbocycles. The van der Waals surface area contributed by atoms with Crippen LogP contribution in [0.2, 0.25) is 10.0 Å². The Morgan fingerprint density at radius 1 is 1.23 bits per heavy atom. The summed E-state index contributed by atoms with van der Waals surface area (Å²) >= 11 is 11.9. The van der Waals surface area contributed by atoms with E-state index in [1.54, 1.807) is 25.2 Å². The number of benzene rings is 1. The van der Waals surface area contributed by atoms with Crippen molar-refractivity contribution in [2.24, 2.45) is 7.05 Å². The fourth-order valence-electron chi connectivity index (χ4n) is 2.72. The van der Waals surface area contributed by atoms with Crippen LogP contribution in [0, 0.1) is 0 Å². The van der Waals surface area contributed by atoms with Crippen LogP contribution in [0.3, 0.4) is 0 Å². The summed E-state index contributed by atoms with van der Waals surface area (Å²) < 4.78 is 1.36. The fraction of sp³-hybridized carbons (Fsp3) is 0.368. The van der Waals surface area contributed by atoms with Crippen molar-refractivity contribution in [3.05, 3.63) is 61.5 Å². The molecule has 140 valence electrons. The molecule has 2 rings (SSSR count). The summed E-state index contributed by atoms with van der Waals surface area (Å²) in [5.41, 5.74) is 1.14. The summed E-state index contributed by atoms with van der Waals surface area (Å²) in [6, 6.07) is 6.99. The molecule has 0 aliphatic carbocycles. The van der Waals surface area contributed by atoms with Crippen molar-refractivity contribution in [2.75, 3.05) is 6.54 Å². The number of carbonyl (C=O) groups is 1. The second kappa shape index (κ2) is 8.60. The lowest BCUT2D eigenvalue weighted by Crippen LogP contribution is -2.29. The third kappa shape index (κ3) is 4.59. The molecule has 0 radical (unpaired) electrons. The quantitative estimate of drug-likeness (QED) is 0.727. The lowest BCUT2D eigenvalue weighted by Gasteiger charge is -2.15. The van der Waals surface area contributed by atoms with Crippen molar-refractivity contribution in [3.8, 4) is 5.75 Å². The number of halogens is 2. The highest BCUT2D eigenvalue weighted by Crippen LogP contribution is 2.23. The van der Waals surface area contributed by atoms with Gasteiger partial charge in [0.05, 0.1) is 15.6 Å². The van der Waals surface area contributed by atoms with Gasteiger partial charge < -0.3 is 15.0 Å². The first-order chi connectivity index (χ1) is 12.2. The van der Waals surface area contributed by atoms with Gasteiger partial charge in [-0.25, -0.2) is 0 Å². The first-order valence-electron chi connectivity index (χ1n) is 8.37. The summed E-state index contributed by atoms with van der Waals surface area (Å²) in [6.45, 7) is 4.25. The predicted molar refractivity (Wildman–Crippen MR) is 105 cm³/mol. The maximum atomic E-state index is 12.4. The van der Waals surface area contributed by atoms with E-state index in [2.05, 4.69) is 5.32 Å². The molecule has 0 fully saturated rings. The zero-order valence-electron chi connectivity index (χ0n) is 15.0. The van der Waals surface area contributed by atoms with Crippen molar-refractivity contribution in [1.29, 1.82) is 0 Å². The predicted octanol–water partition coefficient (Wildman–Crippen LogP) is 3.88. The molecule has 0 bridgehead atoms. The highest BCUT2D eigenvalue weighted by molar-refractivity contribution is 6.42. The number of nitrogens with one attached hydrogen (secondary N) is 1. The molecule has 0 saturated heterocycles. The van der Waals surface area contributed by atoms with Crippen LogP contribution < -0.4 is 10.9 Å². The molecule has 1 heterocycles. The first-order valence-corrected chi connectivity index (χ1v) is 9.13. The monoisotopic (exact) mass is 396 g/mol. The molecule has 0 atom stereocenters. The molecular formula is C19H22Cl2N2O3. The lowest BCUT2D eigenvalue weighted by atomic mass is 10.1. The van der Waals surface area contributed by atoms with Crippen LogP contribution in [0.1, 0.15) is 47.8 Å². The molecule has 0 spiro atoms. The molecule has 1 aromatic heterocycles. The average Bonchev–Trinajstić information content (AvgIpc) is 2.59. The van der Waals surface area contributed by atoms with E-state index in [0.717, 1.165) is 12.0 Å². The third-order valence-corrected chi connectivity index (χ3v) is 4.93. The van der Waals surface area contributed by atoms with Crippen LogP contribution in [0.5, 0.6) is 5.75 Å². The first kappa shape index (κ1) is 20.3. The van der Waals surface area contributed by atoms with E-state index in [4.69, 9.17) is 23.2 Å². The number of nitrogens with zero attached hydrogens (tertiary/aromatic N) is 1. The van der Waals surface area contributed by atoms with Gasteiger partial charge >= 0.3 is 0 Å². The van der Waals surface area contributed by atoms with Gasteiger partial charge in [0.25, 0.3) is 11.5 Å². The van der Waals surface area contributed by atoms with Gasteiger partial charge in [-0.15, -0.1) is 0 Å². The number of aromatic nitrogens is 1. The van der Waals surface area contributed by atoms with Crippen LogP contribution in [-0.4, -0.2) is 22.1 Å². The zero-order valence-corrected chi connectivity index (χ0v) is 16.5. The number of aromatic hydroxyl groups is 1. The topological polar surface area (TPSA) is 71.3 Å². The number of hydrogen-bond acceptors (Lipinski definition) is 3. The number of hydrogen-bond donors (Lipinski definition) is 2. The van der Waals surface area contributed by atoms with Crippen LogP contribution in [-0.2, 0) is 13.5 Å². The number of carbonyl (C=O) groups excluding carboxylic acids is 1. The van der Waals surface area contributed by atoms with Crippen molar-refractivity contribution in [3.63, 3.8) is 0 Å². The number of aryl methyl sites for hydroxylation is 1. The minimum atomic E-state index is -0.572.